The Morgan fingerprint density at radius 2 is 1.92 bits per heavy atom. The summed E-state index contributed by atoms with van der Waals surface area (Å²) >= 11 is 4.91. The largest absolute Gasteiger partial charge is 0.457 e. The highest BCUT2D eigenvalue weighted by Gasteiger charge is 2.15. The van der Waals surface area contributed by atoms with Crippen LogP contribution < -0.4 is 0 Å². The Bertz CT molecular complexity index is 980. The fourth-order valence-electron chi connectivity index (χ4n) is 2.61. The van der Waals surface area contributed by atoms with Gasteiger partial charge in [0, 0.05) is 32.0 Å². The molecular weight excluding hydrogens is 414 g/mol. The summed E-state index contributed by atoms with van der Waals surface area (Å²) in [5.41, 5.74) is 3.63. The lowest BCUT2D eigenvalue weighted by Gasteiger charge is -2.08. The van der Waals surface area contributed by atoms with Crippen LogP contribution in [-0.2, 0) is 9.53 Å². The summed E-state index contributed by atoms with van der Waals surface area (Å²) in [6.45, 7) is 3.75. The monoisotopic (exact) mass is 431 g/mol. The second-order valence-electron chi connectivity index (χ2n) is 5.99. The van der Waals surface area contributed by atoms with Gasteiger partial charge < -0.3 is 9.72 Å². The lowest BCUT2D eigenvalue weighted by molar-refractivity contribution is -0.139. The van der Waals surface area contributed by atoms with Crippen molar-refractivity contribution in [3.05, 3.63) is 63.8 Å². The third-order valence-electron chi connectivity index (χ3n) is 4.06. The molecule has 1 heterocycles. The van der Waals surface area contributed by atoms with Gasteiger partial charge in [-0.1, -0.05) is 34.1 Å². The number of rotatable bonds is 6. The number of carbonyl (C=O) groups excluding carboxylic acids is 2. The summed E-state index contributed by atoms with van der Waals surface area (Å²) < 4.78 is 6.21. The number of nitrogens with one attached hydrogen (secondary N) is 1. The fourth-order valence-corrected chi connectivity index (χ4v) is 3.98. The number of aromatic nitrogens is 1. The number of halogens is 1. The standard InChI is InChI=1S/C20H18BrNO3S/c1-12-8-19(13(2)7-16(12)21)26-11-20(24)25-10-18(23)15-9-22-17-6-4-3-5-14(15)17/h3-9,22H,10-11H2,1-2H3. The van der Waals surface area contributed by atoms with Crippen LogP contribution >= 0.6 is 27.7 Å². The average molecular weight is 432 g/mol. The number of fused-ring (bicyclic) bond motifs is 1. The molecule has 26 heavy (non-hydrogen) atoms. The molecule has 0 saturated heterocycles. The van der Waals surface area contributed by atoms with Gasteiger partial charge in [-0.25, -0.2) is 0 Å². The second-order valence-corrected chi connectivity index (χ2v) is 7.86. The Balaban J connectivity index is 1.56. The molecule has 0 aliphatic heterocycles. The molecule has 3 rings (SSSR count). The number of ketones is 1. The minimum Gasteiger partial charge on any atom is -0.457 e. The number of para-hydroxylation sites is 1. The molecule has 1 aromatic heterocycles. The minimum absolute atomic E-state index is 0.170. The molecule has 0 atom stereocenters. The van der Waals surface area contributed by atoms with Gasteiger partial charge in [0.05, 0.1) is 5.75 Å². The Kier molecular flexibility index (Phi) is 5.84. The van der Waals surface area contributed by atoms with Crippen LogP contribution in [0.15, 0.2) is 52.0 Å². The van der Waals surface area contributed by atoms with E-state index in [4.69, 9.17) is 4.74 Å². The normalized spacial score (nSPS) is 10.9. The zero-order chi connectivity index (χ0) is 18.7. The highest BCUT2D eigenvalue weighted by atomic mass is 79.9. The molecule has 2 aromatic carbocycles. The van der Waals surface area contributed by atoms with E-state index in [0.29, 0.717) is 5.56 Å². The maximum Gasteiger partial charge on any atom is 0.316 e. The summed E-state index contributed by atoms with van der Waals surface area (Å²) in [5, 5.41) is 0.837. The van der Waals surface area contributed by atoms with Crippen LogP contribution in [0.25, 0.3) is 10.9 Å². The third kappa shape index (κ3) is 4.19. The molecule has 4 nitrogen and oxygen atoms in total. The molecule has 0 aliphatic carbocycles. The van der Waals surface area contributed by atoms with Gasteiger partial charge in [-0.15, -0.1) is 11.8 Å². The number of aromatic amines is 1. The molecule has 0 amide bonds. The van der Waals surface area contributed by atoms with Crippen LogP contribution in [0.4, 0.5) is 0 Å². The molecule has 3 aromatic rings. The third-order valence-corrected chi connectivity index (χ3v) is 6.04. The first kappa shape index (κ1) is 18.7. The molecular formula is C20H18BrNO3S. The number of Topliss-reactive ketones (excluding diaryl/α,β-unsaturated/α-hetero) is 1. The minimum atomic E-state index is -0.400. The van der Waals surface area contributed by atoms with Gasteiger partial charge in [0.2, 0.25) is 5.78 Å². The van der Waals surface area contributed by atoms with E-state index in [9.17, 15) is 9.59 Å². The van der Waals surface area contributed by atoms with Gasteiger partial charge >= 0.3 is 5.97 Å². The number of hydrogen-bond donors (Lipinski definition) is 1. The molecule has 0 unspecified atom stereocenters. The molecule has 134 valence electrons. The predicted molar refractivity (Wildman–Crippen MR) is 108 cm³/mol. The van der Waals surface area contributed by atoms with Crippen molar-refractivity contribution in [1.29, 1.82) is 0 Å². The summed E-state index contributed by atoms with van der Waals surface area (Å²) in [4.78, 5) is 28.4. The lowest BCUT2D eigenvalue weighted by atomic mass is 10.1. The van der Waals surface area contributed by atoms with Crippen LogP contribution in [-0.4, -0.2) is 29.1 Å². The number of aryl methyl sites for hydroxylation is 2. The first-order valence-electron chi connectivity index (χ1n) is 8.10. The SMILES string of the molecule is Cc1cc(SCC(=O)OCC(=O)c2c[nH]c3ccccc23)c(C)cc1Br. The average Bonchev–Trinajstić information content (AvgIpc) is 3.06. The number of thioether (sulfide) groups is 1. The van der Waals surface area contributed by atoms with Crippen molar-refractivity contribution in [1.82, 2.24) is 4.98 Å². The molecule has 0 spiro atoms. The fraction of sp³-hybridized carbons (Fsp3) is 0.200. The number of ether oxygens (including phenoxy) is 1. The van der Waals surface area contributed by atoms with Crippen molar-refractivity contribution in [3.63, 3.8) is 0 Å². The van der Waals surface area contributed by atoms with Crippen LogP contribution in [0.5, 0.6) is 0 Å². The predicted octanol–water partition coefficient (Wildman–Crippen LogP) is 5.07. The molecule has 0 bridgehead atoms. The van der Waals surface area contributed by atoms with Crippen LogP contribution in [0, 0.1) is 13.8 Å². The van der Waals surface area contributed by atoms with E-state index in [-0.39, 0.29) is 18.1 Å². The zero-order valence-corrected chi connectivity index (χ0v) is 16.9. The van der Waals surface area contributed by atoms with E-state index < -0.39 is 5.97 Å². The van der Waals surface area contributed by atoms with Crippen molar-refractivity contribution >= 4 is 50.3 Å². The molecule has 6 heteroatoms. The molecule has 0 radical (unpaired) electrons. The number of benzene rings is 2. The van der Waals surface area contributed by atoms with Gasteiger partial charge in [0.1, 0.15) is 0 Å². The summed E-state index contributed by atoms with van der Waals surface area (Å²) in [6.07, 6.45) is 1.66. The highest BCUT2D eigenvalue weighted by molar-refractivity contribution is 9.10. The van der Waals surface area contributed by atoms with E-state index in [1.807, 2.05) is 50.2 Å². The number of H-pyrrole nitrogens is 1. The van der Waals surface area contributed by atoms with E-state index in [2.05, 4.69) is 20.9 Å². The molecule has 0 fully saturated rings. The number of esters is 1. The maximum absolute atomic E-state index is 12.3. The first-order valence-corrected chi connectivity index (χ1v) is 9.88. The Labute approximate surface area is 164 Å². The van der Waals surface area contributed by atoms with Crippen LogP contribution in [0.3, 0.4) is 0 Å². The Morgan fingerprint density at radius 1 is 1.15 bits per heavy atom. The quantitative estimate of drug-likeness (QED) is 0.336. The van der Waals surface area contributed by atoms with Crippen molar-refractivity contribution in [2.75, 3.05) is 12.4 Å². The van der Waals surface area contributed by atoms with E-state index in [1.165, 1.54) is 11.8 Å². The second kappa shape index (κ2) is 8.10. The van der Waals surface area contributed by atoms with Crippen LogP contribution in [0.1, 0.15) is 21.5 Å². The van der Waals surface area contributed by atoms with E-state index >= 15 is 0 Å². The summed E-state index contributed by atoms with van der Waals surface area (Å²) in [6, 6.07) is 11.6. The first-order chi connectivity index (χ1) is 12.5. The Hall–Kier alpha value is -2.05. The van der Waals surface area contributed by atoms with Gasteiger partial charge in [0.25, 0.3) is 0 Å². The molecule has 0 saturated carbocycles. The van der Waals surface area contributed by atoms with Gasteiger partial charge in [0.15, 0.2) is 6.61 Å². The van der Waals surface area contributed by atoms with Crippen molar-refractivity contribution in [2.45, 2.75) is 18.7 Å². The van der Waals surface area contributed by atoms with Crippen molar-refractivity contribution in [2.24, 2.45) is 0 Å². The van der Waals surface area contributed by atoms with E-state index in [0.717, 1.165) is 31.4 Å². The maximum atomic E-state index is 12.3. The van der Waals surface area contributed by atoms with Gasteiger partial charge in [-0.2, -0.15) is 0 Å². The smallest absolute Gasteiger partial charge is 0.316 e. The van der Waals surface area contributed by atoms with E-state index in [1.54, 1.807) is 6.20 Å². The topological polar surface area (TPSA) is 59.2 Å². The van der Waals surface area contributed by atoms with Crippen molar-refractivity contribution < 1.29 is 14.3 Å². The lowest BCUT2D eigenvalue weighted by Crippen LogP contribution is -2.15. The Morgan fingerprint density at radius 3 is 2.73 bits per heavy atom. The van der Waals surface area contributed by atoms with Crippen molar-refractivity contribution in [3.8, 4) is 0 Å². The highest BCUT2D eigenvalue weighted by Crippen LogP contribution is 2.28. The number of carbonyl (C=O) groups is 2. The molecule has 1 N–H and O–H groups in total. The van der Waals surface area contributed by atoms with Crippen LogP contribution in [0.2, 0.25) is 0 Å². The van der Waals surface area contributed by atoms with Gasteiger partial charge in [-0.3, -0.25) is 9.59 Å². The molecule has 0 aliphatic rings. The zero-order valence-electron chi connectivity index (χ0n) is 14.5. The van der Waals surface area contributed by atoms with Gasteiger partial charge in [-0.05, 0) is 43.2 Å². The summed E-state index contributed by atoms with van der Waals surface area (Å²) in [7, 11) is 0. The number of hydrogen-bond acceptors (Lipinski definition) is 4. The summed E-state index contributed by atoms with van der Waals surface area (Å²) in [5.74, 6) is -0.442.